The first-order chi connectivity index (χ1) is 9.01. The number of benzene rings is 1. The van der Waals surface area contributed by atoms with Gasteiger partial charge >= 0.3 is 0 Å². The minimum atomic E-state index is -0.290. The molecule has 1 aromatic carbocycles. The Labute approximate surface area is 119 Å². The Morgan fingerprint density at radius 1 is 1.47 bits per heavy atom. The van der Waals surface area contributed by atoms with Crippen molar-refractivity contribution < 1.29 is 4.79 Å². The molecule has 0 fully saturated rings. The van der Waals surface area contributed by atoms with Crippen LogP contribution in [0.5, 0.6) is 0 Å². The molecular formula is C13H10ClN3OS. The van der Waals surface area contributed by atoms with Crippen LogP contribution >= 0.6 is 22.9 Å². The summed E-state index contributed by atoms with van der Waals surface area (Å²) in [7, 11) is 0. The lowest BCUT2D eigenvalue weighted by Gasteiger charge is -2.06. The number of carbonyl (C=O) groups excluding carboxylic acids is 1. The minimum absolute atomic E-state index is 0.290. The predicted molar refractivity (Wildman–Crippen MR) is 77.6 cm³/mol. The lowest BCUT2D eigenvalue weighted by Crippen LogP contribution is -2.10. The number of aryl methyl sites for hydroxylation is 1. The van der Waals surface area contributed by atoms with Crippen LogP contribution in [0.4, 0.5) is 11.4 Å². The zero-order chi connectivity index (χ0) is 14.0. The highest BCUT2D eigenvalue weighted by atomic mass is 35.5. The summed E-state index contributed by atoms with van der Waals surface area (Å²) in [6.07, 6.45) is 0. The fraction of sp³-hybridized carbons (Fsp3) is 0.0769. The molecule has 0 saturated heterocycles. The van der Waals surface area contributed by atoms with Gasteiger partial charge in [0.25, 0.3) is 5.91 Å². The van der Waals surface area contributed by atoms with Crippen LogP contribution in [-0.4, -0.2) is 5.91 Å². The summed E-state index contributed by atoms with van der Waals surface area (Å²) in [5, 5.41) is 11.9. The van der Waals surface area contributed by atoms with Crippen LogP contribution in [0.1, 0.15) is 20.1 Å². The van der Waals surface area contributed by atoms with Crippen molar-refractivity contribution in [1.29, 1.82) is 5.26 Å². The molecule has 96 valence electrons. The van der Waals surface area contributed by atoms with E-state index in [0.717, 1.165) is 4.88 Å². The quantitative estimate of drug-likeness (QED) is 0.890. The van der Waals surface area contributed by atoms with Crippen molar-refractivity contribution >= 4 is 40.2 Å². The number of hydrogen-bond acceptors (Lipinski definition) is 4. The van der Waals surface area contributed by atoms with Crippen molar-refractivity contribution in [2.45, 2.75) is 6.92 Å². The molecule has 0 unspecified atom stereocenters. The van der Waals surface area contributed by atoms with Gasteiger partial charge < -0.3 is 11.1 Å². The molecule has 19 heavy (non-hydrogen) atoms. The molecule has 2 rings (SSSR count). The van der Waals surface area contributed by atoms with Crippen molar-refractivity contribution in [3.05, 3.63) is 44.6 Å². The predicted octanol–water partition coefficient (Wildman–Crippen LogP) is 3.42. The summed E-state index contributed by atoms with van der Waals surface area (Å²) in [6, 6.07) is 8.31. The molecule has 0 saturated carbocycles. The molecule has 0 bridgehead atoms. The largest absolute Gasteiger partial charge is 0.398 e. The number of nitrogens with zero attached hydrogens (tertiary/aromatic N) is 1. The van der Waals surface area contributed by atoms with Crippen molar-refractivity contribution in [2.24, 2.45) is 0 Å². The second kappa shape index (κ2) is 5.31. The van der Waals surface area contributed by atoms with E-state index in [4.69, 9.17) is 22.6 Å². The number of rotatable bonds is 2. The van der Waals surface area contributed by atoms with Crippen LogP contribution in [0.2, 0.25) is 5.02 Å². The maximum Gasteiger partial charge on any atom is 0.265 e. The van der Waals surface area contributed by atoms with E-state index in [2.05, 4.69) is 5.32 Å². The molecule has 0 radical (unpaired) electrons. The van der Waals surface area contributed by atoms with Gasteiger partial charge in [0.05, 0.1) is 27.2 Å². The molecule has 2 aromatic rings. The molecule has 0 aliphatic rings. The third kappa shape index (κ3) is 2.87. The van der Waals surface area contributed by atoms with Gasteiger partial charge in [0.15, 0.2) is 0 Å². The number of nitrogens with one attached hydrogen (secondary N) is 1. The monoisotopic (exact) mass is 291 g/mol. The summed E-state index contributed by atoms with van der Waals surface area (Å²) >= 11 is 7.29. The number of hydrogen-bond donors (Lipinski definition) is 2. The Bertz CT molecular complexity index is 668. The van der Waals surface area contributed by atoms with Crippen LogP contribution < -0.4 is 11.1 Å². The van der Waals surface area contributed by atoms with Gasteiger partial charge in [0, 0.05) is 10.6 Å². The molecule has 3 N–H and O–H groups in total. The molecule has 4 nitrogen and oxygen atoms in total. The zero-order valence-corrected chi connectivity index (χ0v) is 11.6. The highest BCUT2D eigenvalue weighted by molar-refractivity contribution is 7.14. The van der Waals surface area contributed by atoms with Gasteiger partial charge in [-0.2, -0.15) is 5.26 Å². The first kappa shape index (κ1) is 13.4. The first-order valence-corrected chi connectivity index (χ1v) is 6.57. The second-order valence-electron chi connectivity index (χ2n) is 3.88. The average molecular weight is 292 g/mol. The maximum atomic E-state index is 12.0. The van der Waals surface area contributed by atoms with Crippen molar-refractivity contribution in [1.82, 2.24) is 0 Å². The molecule has 0 spiro atoms. The number of amides is 1. The van der Waals surface area contributed by atoms with E-state index in [1.165, 1.54) is 17.4 Å². The second-order valence-corrected chi connectivity index (χ2v) is 5.55. The number of thiophene rings is 1. The summed E-state index contributed by atoms with van der Waals surface area (Å²) in [5.41, 5.74) is 7.14. The molecule has 6 heteroatoms. The molecule has 1 heterocycles. The van der Waals surface area contributed by atoms with E-state index in [1.807, 2.05) is 13.0 Å². The molecule has 0 aliphatic carbocycles. The summed E-state index contributed by atoms with van der Waals surface area (Å²) < 4.78 is 0. The zero-order valence-electron chi connectivity index (χ0n) is 10.0. The van der Waals surface area contributed by atoms with Crippen molar-refractivity contribution in [3.63, 3.8) is 0 Å². The smallest absolute Gasteiger partial charge is 0.265 e. The number of anilines is 2. The van der Waals surface area contributed by atoms with Crippen LogP contribution in [0, 0.1) is 18.3 Å². The molecular weight excluding hydrogens is 282 g/mol. The van der Waals surface area contributed by atoms with Gasteiger partial charge in [-0.05, 0) is 31.2 Å². The standard InChI is InChI=1S/C13H10ClN3OS/c1-7-10(16)5-12(19-7)13(18)17-11-4-8(6-15)2-3-9(11)14/h2-5H,16H2,1H3,(H,17,18). The molecule has 0 atom stereocenters. The average Bonchev–Trinajstić information content (AvgIpc) is 2.72. The number of halogens is 1. The van der Waals surface area contributed by atoms with Gasteiger partial charge in [0.1, 0.15) is 0 Å². The van der Waals surface area contributed by atoms with Crippen LogP contribution in [-0.2, 0) is 0 Å². The number of nitrogen functional groups attached to an aromatic ring is 1. The van der Waals surface area contributed by atoms with Gasteiger partial charge in [-0.3, -0.25) is 4.79 Å². The topological polar surface area (TPSA) is 78.9 Å². The summed E-state index contributed by atoms with van der Waals surface area (Å²) in [4.78, 5) is 13.4. The van der Waals surface area contributed by atoms with Gasteiger partial charge in [-0.1, -0.05) is 11.6 Å². The third-order valence-electron chi connectivity index (χ3n) is 2.52. The maximum absolute atomic E-state index is 12.0. The van der Waals surface area contributed by atoms with E-state index < -0.39 is 0 Å². The molecule has 0 aliphatic heterocycles. The van der Waals surface area contributed by atoms with E-state index in [-0.39, 0.29) is 5.91 Å². The number of nitrogens with two attached hydrogens (primary N) is 1. The Balaban J connectivity index is 2.26. The summed E-state index contributed by atoms with van der Waals surface area (Å²) in [6.45, 7) is 1.85. The van der Waals surface area contributed by atoms with Crippen molar-refractivity contribution in [3.8, 4) is 6.07 Å². The summed E-state index contributed by atoms with van der Waals surface area (Å²) in [5.74, 6) is -0.290. The van der Waals surface area contributed by atoms with Gasteiger partial charge in [0.2, 0.25) is 0 Å². The lowest BCUT2D eigenvalue weighted by atomic mass is 10.2. The van der Waals surface area contributed by atoms with Crippen LogP contribution in [0.3, 0.4) is 0 Å². The van der Waals surface area contributed by atoms with Gasteiger partial charge in [-0.15, -0.1) is 11.3 Å². The van der Waals surface area contributed by atoms with Crippen LogP contribution in [0.15, 0.2) is 24.3 Å². The van der Waals surface area contributed by atoms with E-state index in [1.54, 1.807) is 18.2 Å². The highest BCUT2D eigenvalue weighted by Gasteiger charge is 2.13. The molecule has 1 amide bonds. The fourth-order valence-corrected chi connectivity index (χ4v) is 2.48. The Morgan fingerprint density at radius 2 is 2.21 bits per heavy atom. The SMILES string of the molecule is Cc1sc(C(=O)Nc2cc(C#N)ccc2Cl)cc1N. The van der Waals surface area contributed by atoms with Crippen molar-refractivity contribution in [2.75, 3.05) is 11.1 Å². The van der Waals surface area contributed by atoms with Crippen LogP contribution in [0.25, 0.3) is 0 Å². The normalized spacial score (nSPS) is 9.95. The third-order valence-corrected chi connectivity index (χ3v) is 3.92. The van der Waals surface area contributed by atoms with E-state index in [0.29, 0.717) is 26.8 Å². The Morgan fingerprint density at radius 3 is 2.79 bits per heavy atom. The van der Waals surface area contributed by atoms with E-state index >= 15 is 0 Å². The Kier molecular flexibility index (Phi) is 3.74. The van der Waals surface area contributed by atoms with E-state index in [9.17, 15) is 4.79 Å². The number of carbonyl (C=O) groups is 1. The highest BCUT2D eigenvalue weighted by Crippen LogP contribution is 2.27. The molecule has 1 aromatic heterocycles. The Hall–Kier alpha value is -2.03. The first-order valence-electron chi connectivity index (χ1n) is 5.38. The number of nitriles is 1. The minimum Gasteiger partial charge on any atom is -0.398 e. The lowest BCUT2D eigenvalue weighted by molar-refractivity contribution is 0.103. The fourth-order valence-electron chi connectivity index (χ4n) is 1.48. The van der Waals surface area contributed by atoms with Gasteiger partial charge in [-0.25, -0.2) is 0 Å².